The Labute approximate surface area is 138 Å². The third-order valence-corrected chi connectivity index (χ3v) is 4.28. The van der Waals surface area contributed by atoms with Gasteiger partial charge < -0.3 is 20.5 Å². The molecule has 0 aromatic carbocycles. The lowest BCUT2D eigenvalue weighted by Crippen LogP contribution is -2.41. The van der Waals surface area contributed by atoms with Gasteiger partial charge in [-0.15, -0.1) is 0 Å². The predicted molar refractivity (Wildman–Crippen MR) is 90.6 cm³/mol. The third-order valence-electron chi connectivity index (χ3n) is 4.28. The SMILES string of the molecule is Cc1cc(C2CC2)cnc1/C(N)=C/NCC1OCC(C)(C)CO1. The molecule has 1 aliphatic heterocycles. The first kappa shape index (κ1) is 16.3. The summed E-state index contributed by atoms with van der Waals surface area (Å²) >= 11 is 0. The van der Waals surface area contributed by atoms with Crippen LogP contribution in [0.3, 0.4) is 0 Å². The van der Waals surface area contributed by atoms with E-state index in [1.54, 1.807) is 6.20 Å². The van der Waals surface area contributed by atoms with E-state index in [0.29, 0.717) is 31.4 Å². The summed E-state index contributed by atoms with van der Waals surface area (Å²) in [5, 5.41) is 3.18. The number of nitrogens with one attached hydrogen (secondary N) is 1. The van der Waals surface area contributed by atoms with Crippen molar-refractivity contribution in [2.45, 2.75) is 45.8 Å². The Kier molecular flexibility index (Phi) is 4.60. The van der Waals surface area contributed by atoms with E-state index in [2.05, 4.69) is 37.1 Å². The van der Waals surface area contributed by atoms with E-state index in [0.717, 1.165) is 11.3 Å². The first-order chi connectivity index (χ1) is 10.9. The van der Waals surface area contributed by atoms with Crippen LogP contribution in [-0.2, 0) is 9.47 Å². The van der Waals surface area contributed by atoms with Gasteiger partial charge in [0.05, 0.1) is 31.1 Å². The van der Waals surface area contributed by atoms with E-state index in [-0.39, 0.29) is 11.7 Å². The molecule has 126 valence electrons. The van der Waals surface area contributed by atoms with E-state index < -0.39 is 0 Å². The van der Waals surface area contributed by atoms with Crippen molar-refractivity contribution in [2.24, 2.45) is 11.1 Å². The average molecular weight is 317 g/mol. The van der Waals surface area contributed by atoms with Crippen molar-refractivity contribution in [2.75, 3.05) is 19.8 Å². The third kappa shape index (κ3) is 4.24. The number of hydrogen-bond donors (Lipinski definition) is 2. The molecule has 1 aromatic rings. The smallest absolute Gasteiger partial charge is 0.174 e. The van der Waals surface area contributed by atoms with E-state index in [1.807, 2.05) is 6.20 Å². The van der Waals surface area contributed by atoms with Crippen molar-refractivity contribution in [3.05, 3.63) is 35.3 Å². The van der Waals surface area contributed by atoms with E-state index in [1.165, 1.54) is 18.4 Å². The summed E-state index contributed by atoms with van der Waals surface area (Å²) in [6.45, 7) is 8.33. The van der Waals surface area contributed by atoms with Crippen LogP contribution in [0.4, 0.5) is 0 Å². The normalized spacial score (nSPS) is 22.1. The number of aromatic nitrogens is 1. The number of rotatable bonds is 5. The Balaban J connectivity index is 1.53. The quantitative estimate of drug-likeness (QED) is 0.873. The minimum Gasteiger partial charge on any atom is -0.396 e. The maximum absolute atomic E-state index is 6.15. The highest BCUT2D eigenvalue weighted by Gasteiger charge is 2.28. The lowest BCUT2D eigenvalue weighted by atomic mass is 9.96. The molecule has 3 N–H and O–H groups in total. The summed E-state index contributed by atoms with van der Waals surface area (Å²) < 4.78 is 11.4. The van der Waals surface area contributed by atoms with Crippen molar-refractivity contribution in [3.8, 4) is 0 Å². The van der Waals surface area contributed by atoms with Gasteiger partial charge in [0.1, 0.15) is 0 Å². The molecule has 2 fully saturated rings. The lowest BCUT2D eigenvalue weighted by Gasteiger charge is -2.34. The van der Waals surface area contributed by atoms with Gasteiger partial charge in [-0.1, -0.05) is 19.9 Å². The van der Waals surface area contributed by atoms with Crippen LogP contribution >= 0.6 is 0 Å². The lowest BCUT2D eigenvalue weighted by molar-refractivity contribution is -0.217. The summed E-state index contributed by atoms with van der Waals surface area (Å²) in [6.07, 6.45) is 6.09. The van der Waals surface area contributed by atoms with E-state index in [9.17, 15) is 0 Å². The number of nitrogens with two attached hydrogens (primary N) is 1. The molecule has 5 heteroatoms. The van der Waals surface area contributed by atoms with Crippen LogP contribution in [0, 0.1) is 12.3 Å². The van der Waals surface area contributed by atoms with Gasteiger partial charge >= 0.3 is 0 Å². The second-order valence-corrected chi connectivity index (χ2v) is 7.43. The summed E-state index contributed by atoms with van der Waals surface area (Å²) in [6, 6.07) is 2.20. The van der Waals surface area contributed by atoms with Crippen molar-refractivity contribution >= 4 is 5.70 Å². The summed E-state index contributed by atoms with van der Waals surface area (Å²) in [7, 11) is 0. The number of aryl methyl sites for hydroxylation is 1. The average Bonchev–Trinajstić information content (AvgIpc) is 3.33. The zero-order valence-electron chi connectivity index (χ0n) is 14.3. The molecule has 2 heterocycles. The fraction of sp³-hybridized carbons (Fsp3) is 0.611. The molecule has 23 heavy (non-hydrogen) atoms. The molecule has 1 saturated carbocycles. The maximum atomic E-state index is 6.15. The van der Waals surface area contributed by atoms with Gasteiger partial charge in [0.2, 0.25) is 0 Å². The summed E-state index contributed by atoms with van der Waals surface area (Å²) in [5.74, 6) is 0.712. The van der Waals surface area contributed by atoms with Gasteiger partial charge in [0.25, 0.3) is 0 Å². The highest BCUT2D eigenvalue weighted by Crippen LogP contribution is 2.40. The summed E-state index contributed by atoms with van der Waals surface area (Å²) in [4.78, 5) is 4.53. The van der Waals surface area contributed by atoms with Crippen LogP contribution in [0.25, 0.3) is 5.70 Å². The molecule has 1 aromatic heterocycles. The van der Waals surface area contributed by atoms with Crippen molar-refractivity contribution in [3.63, 3.8) is 0 Å². The Bertz CT molecular complexity index is 584. The minimum atomic E-state index is -0.224. The molecule has 1 aliphatic carbocycles. The van der Waals surface area contributed by atoms with Crippen molar-refractivity contribution in [1.29, 1.82) is 0 Å². The Morgan fingerprint density at radius 1 is 1.39 bits per heavy atom. The first-order valence-electron chi connectivity index (χ1n) is 8.34. The Morgan fingerprint density at radius 3 is 2.70 bits per heavy atom. The molecule has 0 atom stereocenters. The van der Waals surface area contributed by atoms with Gasteiger partial charge in [0, 0.05) is 17.8 Å². The molecule has 3 rings (SSSR count). The number of hydrogen-bond acceptors (Lipinski definition) is 5. The maximum Gasteiger partial charge on any atom is 0.174 e. The van der Waals surface area contributed by atoms with Gasteiger partial charge in [-0.25, -0.2) is 0 Å². The molecular weight excluding hydrogens is 290 g/mol. The predicted octanol–water partition coefficient (Wildman–Crippen LogP) is 2.51. The molecule has 0 amide bonds. The van der Waals surface area contributed by atoms with E-state index in [4.69, 9.17) is 15.2 Å². The molecule has 0 bridgehead atoms. The number of ether oxygens (including phenoxy) is 2. The number of pyridine rings is 1. The topological polar surface area (TPSA) is 69.4 Å². The second-order valence-electron chi connectivity index (χ2n) is 7.43. The standard InChI is InChI=1S/C18H27N3O2/c1-12-6-14(13-4-5-13)7-21-17(12)15(19)8-20-9-16-22-10-18(2,3)11-23-16/h6-8,13,16,20H,4-5,9-11,19H2,1-3H3/b15-8-. The van der Waals surface area contributed by atoms with Crippen LogP contribution in [0.5, 0.6) is 0 Å². The van der Waals surface area contributed by atoms with Gasteiger partial charge in [0.15, 0.2) is 6.29 Å². The molecule has 0 radical (unpaired) electrons. The first-order valence-corrected chi connectivity index (χ1v) is 8.34. The van der Waals surface area contributed by atoms with Crippen molar-refractivity contribution in [1.82, 2.24) is 10.3 Å². The molecule has 5 nitrogen and oxygen atoms in total. The highest BCUT2D eigenvalue weighted by atomic mass is 16.7. The zero-order chi connectivity index (χ0) is 16.4. The Morgan fingerprint density at radius 2 is 2.09 bits per heavy atom. The summed E-state index contributed by atoms with van der Waals surface area (Å²) in [5.41, 5.74) is 10.2. The zero-order valence-corrected chi connectivity index (χ0v) is 14.3. The molecule has 0 unspecified atom stereocenters. The van der Waals surface area contributed by atoms with Crippen LogP contribution in [0.15, 0.2) is 18.5 Å². The molecular formula is C18H27N3O2. The molecule has 1 saturated heterocycles. The highest BCUT2D eigenvalue weighted by molar-refractivity contribution is 5.62. The van der Waals surface area contributed by atoms with E-state index >= 15 is 0 Å². The van der Waals surface area contributed by atoms with Crippen molar-refractivity contribution < 1.29 is 9.47 Å². The van der Waals surface area contributed by atoms with Gasteiger partial charge in [-0.05, 0) is 36.8 Å². The fourth-order valence-electron chi connectivity index (χ4n) is 2.72. The second kappa shape index (κ2) is 6.49. The van der Waals surface area contributed by atoms with Gasteiger partial charge in [-0.2, -0.15) is 0 Å². The largest absolute Gasteiger partial charge is 0.396 e. The van der Waals surface area contributed by atoms with Crippen LogP contribution in [0.2, 0.25) is 0 Å². The number of nitrogens with zero attached hydrogens (tertiary/aromatic N) is 1. The Hall–Kier alpha value is -1.59. The fourth-order valence-corrected chi connectivity index (χ4v) is 2.72. The van der Waals surface area contributed by atoms with Crippen LogP contribution in [-0.4, -0.2) is 31.0 Å². The molecule has 2 aliphatic rings. The van der Waals surface area contributed by atoms with Crippen LogP contribution < -0.4 is 11.1 Å². The van der Waals surface area contributed by atoms with Gasteiger partial charge in [-0.3, -0.25) is 4.98 Å². The minimum absolute atomic E-state index is 0.0930. The monoisotopic (exact) mass is 317 g/mol. The van der Waals surface area contributed by atoms with Crippen LogP contribution in [0.1, 0.15) is 49.4 Å². The molecule has 0 spiro atoms.